The number of esters is 1. The van der Waals surface area contributed by atoms with Crippen LogP contribution in [0.4, 0.5) is 0 Å². The van der Waals surface area contributed by atoms with Gasteiger partial charge in [0.15, 0.2) is 6.10 Å². The fraction of sp³-hybridized carbons (Fsp3) is 0.474. The second-order valence-electron chi connectivity index (χ2n) is 6.45. The molecule has 1 aromatic rings. The fourth-order valence-electron chi connectivity index (χ4n) is 2.86. The number of carbonyl (C=O) groups is 2. The Morgan fingerprint density at radius 2 is 2.00 bits per heavy atom. The van der Waals surface area contributed by atoms with E-state index >= 15 is 0 Å². The third kappa shape index (κ3) is 6.08. The molecule has 0 spiro atoms. The Bertz CT molecular complexity index is 823. The molecule has 0 aliphatic heterocycles. The molecule has 0 saturated heterocycles. The van der Waals surface area contributed by atoms with Crippen LogP contribution in [0.2, 0.25) is 0 Å². The van der Waals surface area contributed by atoms with Gasteiger partial charge in [-0.15, -0.1) is 6.42 Å². The topological polar surface area (TPSA) is 102 Å². The summed E-state index contributed by atoms with van der Waals surface area (Å²) < 4.78 is 31.6. The van der Waals surface area contributed by atoms with Gasteiger partial charge in [-0.05, 0) is 38.0 Å². The highest BCUT2D eigenvalue weighted by Crippen LogP contribution is 2.18. The van der Waals surface area contributed by atoms with E-state index in [1.165, 1.54) is 37.6 Å². The average Bonchev–Trinajstić information content (AvgIpc) is 2.67. The molecule has 2 rings (SSSR count). The highest BCUT2D eigenvalue weighted by Gasteiger charge is 2.23. The predicted molar refractivity (Wildman–Crippen MR) is 100 cm³/mol. The fourth-order valence-corrected chi connectivity index (χ4v) is 3.84. The Kier molecular flexibility index (Phi) is 7.39. The summed E-state index contributed by atoms with van der Waals surface area (Å²) in [7, 11) is -3.82. The SMILES string of the molecule is C#CCNS(=O)(=O)c1cccc(C(=O)OC(C)C(=O)NC2CCCCC2)c1. The molecule has 0 bridgehead atoms. The van der Waals surface area contributed by atoms with Gasteiger partial charge in [-0.1, -0.05) is 31.2 Å². The standard InChI is InChI=1S/C19H24N2O5S/c1-3-12-20-27(24,25)17-11-7-8-15(13-17)19(23)26-14(2)18(22)21-16-9-5-4-6-10-16/h1,7-8,11,13-14,16,20H,4-6,9-10,12H2,2H3,(H,21,22). The first kappa shape index (κ1) is 20.9. The third-order valence-corrected chi connectivity index (χ3v) is 5.75. The largest absolute Gasteiger partial charge is 0.449 e. The summed E-state index contributed by atoms with van der Waals surface area (Å²) in [6.07, 6.45) is 9.26. The first-order valence-corrected chi connectivity index (χ1v) is 10.4. The first-order chi connectivity index (χ1) is 12.8. The van der Waals surface area contributed by atoms with Gasteiger partial charge in [-0.2, -0.15) is 4.72 Å². The van der Waals surface area contributed by atoms with Gasteiger partial charge >= 0.3 is 5.97 Å². The monoisotopic (exact) mass is 392 g/mol. The lowest BCUT2D eigenvalue weighted by atomic mass is 9.95. The van der Waals surface area contributed by atoms with Crippen molar-refractivity contribution in [2.45, 2.75) is 56.1 Å². The summed E-state index contributed by atoms with van der Waals surface area (Å²) >= 11 is 0. The molecule has 2 N–H and O–H groups in total. The van der Waals surface area contributed by atoms with Crippen molar-refractivity contribution in [1.29, 1.82) is 0 Å². The van der Waals surface area contributed by atoms with Gasteiger partial charge in [0.2, 0.25) is 10.0 Å². The first-order valence-electron chi connectivity index (χ1n) is 8.88. The van der Waals surface area contributed by atoms with Crippen molar-refractivity contribution < 1.29 is 22.7 Å². The van der Waals surface area contributed by atoms with Crippen molar-refractivity contribution >= 4 is 21.9 Å². The van der Waals surface area contributed by atoms with Gasteiger partial charge in [0.05, 0.1) is 17.0 Å². The summed E-state index contributed by atoms with van der Waals surface area (Å²) in [5, 5.41) is 2.89. The van der Waals surface area contributed by atoms with Crippen LogP contribution in [0.3, 0.4) is 0 Å². The molecular weight excluding hydrogens is 368 g/mol. The quantitative estimate of drug-likeness (QED) is 0.542. The zero-order chi connectivity index (χ0) is 19.9. The van der Waals surface area contributed by atoms with Crippen molar-refractivity contribution in [3.8, 4) is 12.3 Å². The van der Waals surface area contributed by atoms with Crippen molar-refractivity contribution in [3.63, 3.8) is 0 Å². The molecule has 1 aliphatic carbocycles. The molecule has 0 heterocycles. The number of hydrogen-bond donors (Lipinski definition) is 2. The molecule has 0 radical (unpaired) electrons. The lowest BCUT2D eigenvalue weighted by Gasteiger charge is -2.24. The molecule has 1 fully saturated rings. The van der Waals surface area contributed by atoms with Gasteiger partial charge in [0.25, 0.3) is 5.91 Å². The maximum absolute atomic E-state index is 12.3. The molecule has 1 atom stereocenters. The number of rotatable bonds is 7. The number of benzene rings is 1. The highest BCUT2D eigenvalue weighted by atomic mass is 32.2. The summed E-state index contributed by atoms with van der Waals surface area (Å²) in [6.45, 7) is 1.33. The van der Waals surface area contributed by atoms with Gasteiger partial charge in [-0.25, -0.2) is 13.2 Å². The van der Waals surface area contributed by atoms with Gasteiger partial charge in [0.1, 0.15) is 0 Å². The summed E-state index contributed by atoms with van der Waals surface area (Å²) in [5.41, 5.74) is 0.0379. The van der Waals surface area contributed by atoms with Gasteiger partial charge < -0.3 is 10.1 Å². The van der Waals surface area contributed by atoms with E-state index in [4.69, 9.17) is 11.2 Å². The van der Waals surface area contributed by atoms with Crippen LogP contribution in [-0.4, -0.2) is 39.0 Å². The Morgan fingerprint density at radius 1 is 1.30 bits per heavy atom. The van der Waals surface area contributed by atoms with E-state index in [1.807, 2.05) is 0 Å². The molecule has 1 saturated carbocycles. The number of ether oxygens (including phenoxy) is 1. The number of carbonyl (C=O) groups excluding carboxylic acids is 2. The van der Waals surface area contributed by atoms with E-state index < -0.39 is 22.1 Å². The number of nitrogens with one attached hydrogen (secondary N) is 2. The third-order valence-electron chi connectivity index (χ3n) is 4.35. The van der Waals surface area contributed by atoms with E-state index in [9.17, 15) is 18.0 Å². The van der Waals surface area contributed by atoms with Gasteiger partial charge in [0, 0.05) is 6.04 Å². The maximum atomic E-state index is 12.3. The smallest absolute Gasteiger partial charge is 0.338 e. The minimum atomic E-state index is -3.82. The zero-order valence-corrected chi connectivity index (χ0v) is 16.1. The van der Waals surface area contributed by atoms with Crippen LogP contribution >= 0.6 is 0 Å². The van der Waals surface area contributed by atoms with E-state index in [0.29, 0.717) is 0 Å². The van der Waals surface area contributed by atoms with Crippen LogP contribution in [0.5, 0.6) is 0 Å². The number of hydrogen-bond acceptors (Lipinski definition) is 5. The van der Waals surface area contributed by atoms with Crippen LogP contribution in [0.15, 0.2) is 29.2 Å². The van der Waals surface area contributed by atoms with E-state index in [1.54, 1.807) is 0 Å². The number of terminal acetylenes is 1. The minimum absolute atomic E-state index is 0.0379. The number of amides is 1. The van der Waals surface area contributed by atoms with Crippen LogP contribution < -0.4 is 10.0 Å². The molecule has 0 aromatic heterocycles. The minimum Gasteiger partial charge on any atom is -0.449 e. The predicted octanol–water partition coefficient (Wildman–Crippen LogP) is 1.59. The summed E-state index contributed by atoms with van der Waals surface area (Å²) in [5.74, 6) is 1.06. The van der Waals surface area contributed by atoms with Gasteiger partial charge in [-0.3, -0.25) is 4.79 Å². The average molecular weight is 392 g/mol. The lowest BCUT2D eigenvalue weighted by molar-refractivity contribution is -0.130. The molecule has 1 aliphatic rings. The molecule has 1 aromatic carbocycles. The van der Waals surface area contributed by atoms with Crippen molar-refractivity contribution in [2.24, 2.45) is 0 Å². The summed E-state index contributed by atoms with van der Waals surface area (Å²) in [4.78, 5) is 24.4. The Labute approximate surface area is 159 Å². The molecule has 8 heteroatoms. The highest BCUT2D eigenvalue weighted by molar-refractivity contribution is 7.89. The second kappa shape index (κ2) is 9.53. The van der Waals surface area contributed by atoms with Crippen molar-refractivity contribution in [2.75, 3.05) is 6.54 Å². The van der Waals surface area contributed by atoms with Crippen LogP contribution in [-0.2, 0) is 19.6 Å². The van der Waals surface area contributed by atoms with E-state index in [-0.39, 0.29) is 29.0 Å². The normalized spacial score (nSPS) is 16.1. The van der Waals surface area contributed by atoms with E-state index in [0.717, 1.165) is 25.7 Å². The molecular formula is C19H24N2O5S. The summed E-state index contributed by atoms with van der Waals surface area (Å²) in [6, 6.07) is 5.49. The van der Waals surface area contributed by atoms with E-state index in [2.05, 4.69) is 16.0 Å². The lowest BCUT2D eigenvalue weighted by Crippen LogP contribution is -2.42. The van der Waals surface area contributed by atoms with Crippen molar-refractivity contribution in [1.82, 2.24) is 10.0 Å². The molecule has 7 nitrogen and oxygen atoms in total. The number of sulfonamides is 1. The zero-order valence-electron chi connectivity index (χ0n) is 15.2. The molecule has 1 amide bonds. The van der Waals surface area contributed by atoms with Crippen molar-refractivity contribution in [3.05, 3.63) is 29.8 Å². The van der Waals surface area contributed by atoms with Crippen LogP contribution in [0.25, 0.3) is 0 Å². The van der Waals surface area contributed by atoms with Crippen LogP contribution in [0.1, 0.15) is 49.4 Å². The second-order valence-corrected chi connectivity index (χ2v) is 8.21. The Balaban J connectivity index is 1.99. The van der Waals surface area contributed by atoms with Crippen LogP contribution in [0, 0.1) is 12.3 Å². The maximum Gasteiger partial charge on any atom is 0.338 e. The Hall–Kier alpha value is -2.37. The Morgan fingerprint density at radius 3 is 2.67 bits per heavy atom. The molecule has 1 unspecified atom stereocenters. The molecule has 146 valence electrons. The molecule has 27 heavy (non-hydrogen) atoms.